The third kappa shape index (κ3) is 3.53. The van der Waals surface area contributed by atoms with Crippen LogP contribution in [0.1, 0.15) is 60.7 Å². The SMILES string of the molecule is COc1cccc(C(=O)N2CC(c3nnc(C(C)C)o3)C3(CCOCC3)C2)c1OC. The number of benzene rings is 1. The van der Waals surface area contributed by atoms with E-state index in [1.54, 1.807) is 32.4 Å². The number of amides is 1. The van der Waals surface area contributed by atoms with Gasteiger partial charge < -0.3 is 23.5 Å². The van der Waals surface area contributed by atoms with Crippen molar-refractivity contribution < 1.29 is 23.4 Å². The molecule has 8 nitrogen and oxygen atoms in total. The Balaban J connectivity index is 1.66. The standard InChI is InChI=1S/C22H29N3O5/c1-14(2)19-23-24-20(30-19)16-12-25(13-22(16)8-10-29-11-9-22)21(26)15-6-5-7-17(27-3)18(15)28-4/h5-7,14,16H,8-13H2,1-4H3. The Labute approximate surface area is 176 Å². The molecule has 2 fully saturated rings. The minimum atomic E-state index is -0.124. The number of nitrogens with zero attached hydrogens (tertiary/aromatic N) is 3. The number of hydrogen-bond acceptors (Lipinski definition) is 7. The summed E-state index contributed by atoms with van der Waals surface area (Å²) < 4.78 is 22.5. The molecule has 30 heavy (non-hydrogen) atoms. The van der Waals surface area contributed by atoms with Crippen molar-refractivity contribution in [2.45, 2.75) is 38.5 Å². The summed E-state index contributed by atoms with van der Waals surface area (Å²) in [6.45, 7) is 6.55. The first-order chi connectivity index (χ1) is 14.5. The summed E-state index contributed by atoms with van der Waals surface area (Å²) in [5, 5.41) is 8.58. The Morgan fingerprint density at radius 1 is 1.20 bits per heavy atom. The van der Waals surface area contributed by atoms with Crippen molar-refractivity contribution in [2.75, 3.05) is 40.5 Å². The lowest BCUT2D eigenvalue weighted by Crippen LogP contribution is -2.37. The molecule has 4 rings (SSSR count). The first-order valence-corrected chi connectivity index (χ1v) is 10.4. The highest BCUT2D eigenvalue weighted by atomic mass is 16.5. The minimum absolute atomic E-state index is 0.0121. The number of carbonyl (C=O) groups is 1. The van der Waals surface area contributed by atoms with Crippen LogP contribution in [-0.4, -0.2) is 61.5 Å². The van der Waals surface area contributed by atoms with Crippen LogP contribution in [0.5, 0.6) is 11.5 Å². The van der Waals surface area contributed by atoms with Crippen LogP contribution in [0, 0.1) is 5.41 Å². The predicted octanol–water partition coefficient (Wildman–Crippen LogP) is 3.25. The second-order valence-corrected chi connectivity index (χ2v) is 8.39. The monoisotopic (exact) mass is 415 g/mol. The maximum absolute atomic E-state index is 13.5. The van der Waals surface area contributed by atoms with Gasteiger partial charge in [-0.05, 0) is 25.0 Å². The number of carbonyl (C=O) groups excluding carboxylic acids is 1. The summed E-state index contributed by atoms with van der Waals surface area (Å²) in [5.74, 6) is 2.31. The van der Waals surface area contributed by atoms with Crippen LogP contribution in [0.2, 0.25) is 0 Å². The number of aromatic nitrogens is 2. The molecular formula is C22H29N3O5. The fraction of sp³-hybridized carbons (Fsp3) is 0.591. The number of likely N-dealkylation sites (tertiary alicyclic amines) is 1. The van der Waals surface area contributed by atoms with Crippen molar-refractivity contribution in [3.05, 3.63) is 35.5 Å². The van der Waals surface area contributed by atoms with Crippen LogP contribution < -0.4 is 9.47 Å². The molecule has 1 unspecified atom stereocenters. The van der Waals surface area contributed by atoms with Crippen molar-refractivity contribution in [1.82, 2.24) is 15.1 Å². The summed E-state index contributed by atoms with van der Waals surface area (Å²) in [6, 6.07) is 5.37. The topological polar surface area (TPSA) is 86.9 Å². The Kier molecular flexibility index (Phi) is 5.69. The lowest BCUT2D eigenvalue weighted by Gasteiger charge is -2.36. The number of methoxy groups -OCH3 is 2. The summed E-state index contributed by atoms with van der Waals surface area (Å²) in [6.07, 6.45) is 1.71. The second-order valence-electron chi connectivity index (χ2n) is 8.39. The van der Waals surface area contributed by atoms with Gasteiger partial charge in [-0.2, -0.15) is 0 Å². The molecule has 2 aromatic rings. The van der Waals surface area contributed by atoms with Crippen LogP contribution in [-0.2, 0) is 4.74 Å². The normalized spacial score (nSPS) is 20.7. The summed E-state index contributed by atoms with van der Waals surface area (Å²) >= 11 is 0. The molecule has 1 spiro atoms. The molecule has 0 aliphatic carbocycles. The number of hydrogen-bond donors (Lipinski definition) is 0. The van der Waals surface area contributed by atoms with Gasteiger partial charge in [0.25, 0.3) is 5.91 Å². The van der Waals surface area contributed by atoms with Gasteiger partial charge in [-0.25, -0.2) is 0 Å². The Morgan fingerprint density at radius 2 is 1.97 bits per heavy atom. The van der Waals surface area contributed by atoms with Gasteiger partial charge in [0.15, 0.2) is 11.5 Å². The molecule has 1 atom stereocenters. The van der Waals surface area contributed by atoms with E-state index in [9.17, 15) is 4.79 Å². The molecule has 0 bridgehead atoms. The minimum Gasteiger partial charge on any atom is -0.493 e. The fourth-order valence-corrected chi connectivity index (χ4v) is 4.59. The van der Waals surface area contributed by atoms with E-state index in [1.165, 1.54) is 0 Å². The van der Waals surface area contributed by atoms with Gasteiger partial charge in [0.2, 0.25) is 11.8 Å². The van der Waals surface area contributed by atoms with Gasteiger partial charge in [0, 0.05) is 37.6 Å². The van der Waals surface area contributed by atoms with Gasteiger partial charge in [-0.1, -0.05) is 19.9 Å². The van der Waals surface area contributed by atoms with Gasteiger partial charge in [-0.3, -0.25) is 4.79 Å². The van der Waals surface area contributed by atoms with Gasteiger partial charge in [-0.15, -0.1) is 10.2 Å². The lowest BCUT2D eigenvalue weighted by atomic mass is 9.72. The molecule has 1 aromatic carbocycles. The Morgan fingerprint density at radius 3 is 2.60 bits per heavy atom. The maximum Gasteiger partial charge on any atom is 0.257 e. The first kappa shape index (κ1) is 20.7. The fourth-order valence-electron chi connectivity index (χ4n) is 4.59. The summed E-state index contributed by atoms with van der Waals surface area (Å²) in [5.41, 5.74) is 0.369. The molecule has 3 heterocycles. The predicted molar refractivity (Wildman–Crippen MR) is 109 cm³/mol. The van der Waals surface area contributed by atoms with E-state index in [-0.39, 0.29) is 23.2 Å². The zero-order valence-electron chi connectivity index (χ0n) is 18.0. The smallest absolute Gasteiger partial charge is 0.257 e. The van der Waals surface area contributed by atoms with E-state index in [0.717, 1.165) is 12.8 Å². The van der Waals surface area contributed by atoms with Crippen LogP contribution in [0.3, 0.4) is 0 Å². The second kappa shape index (κ2) is 8.26. The molecule has 1 aromatic heterocycles. The Bertz CT molecular complexity index is 904. The van der Waals surface area contributed by atoms with E-state index in [4.69, 9.17) is 18.6 Å². The average Bonchev–Trinajstić information content (AvgIpc) is 3.38. The first-order valence-electron chi connectivity index (χ1n) is 10.4. The molecule has 2 aliphatic heterocycles. The molecule has 0 radical (unpaired) electrons. The molecule has 2 aliphatic rings. The molecule has 0 saturated carbocycles. The molecular weight excluding hydrogens is 386 g/mol. The number of ether oxygens (including phenoxy) is 3. The number of para-hydroxylation sites is 1. The van der Waals surface area contributed by atoms with E-state index < -0.39 is 0 Å². The van der Waals surface area contributed by atoms with Crippen molar-refractivity contribution in [2.24, 2.45) is 5.41 Å². The zero-order valence-corrected chi connectivity index (χ0v) is 18.0. The maximum atomic E-state index is 13.5. The molecule has 162 valence electrons. The van der Waals surface area contributed by atoms with Gasteiger partial charge >= 0.3 is 0 Å². The van der Waals surface area contributed by atoms with E-state index >= 15 is 0 Å². The average molecular weight is 415 g/mol. The van der Waals surface area contributed by atoms with Crippen LogP contribution >= 0.6 is 0 Å². The van der Waals surface area contributed by atoms with Gasteiger partial charge in [0.05, 0.1) is 25.7 Å². The van der Waals surface area contributed by atoms with E-state index in [0.29, 0.717) is 55.1 Å². The van der Waals surface area contributed by atoms with Crippen molar-refractivity contribution in [3.8, 4) is 11.5 Å². The van der Waals surface area contributed by atoms with Crippen molar-refractivity contribution in [1.29, 1.82) is 0 Å². The van der Waals surface area contributed by atoms with Crippen LogP contribution in [0.15, 0.2) is 22.6 Å². The molecule has 0 N–H and O–H groups in total. The lowest BCUT2D eigenvalue weighted by molar-refractivity contribution is 0.00886. The van der Waals surface area contributed by atoms with Crippen LogP contribution in [0.25, 0.3) is 0 Å². The zero-order chi connectivity index (χ0) is 21.3. The highest BCUT2D eigenvalue weighted by Gasteiger charge is 2.51. The molecule has 1 amide bonds. The highest BCUT2D eigenvalue weighted by Crippen LogP contribution is 2.50. The van der Waals surface area contributed by atoms with E-state index in [2.05, 4.69) is 10.2 Å². The molecule has 2 saturated heterocycles. The highest BCUT2D eigenvalue weighted by molar-refractivity contribution is 5.98. The summed E-state index contributed by atoms with van der Waals surface area (Å²) in [4.78, 5) is 15.4. The third-order valence-electron chi connectivity index (χ3n) is 6.31. The molecule has 8 heteroatoms. The quantitative estimate of drug-likeness (QED) is 0.741. The third-order valence-corrected chi connectivity index (χ3v) is 6.31. The largest absolute Gasteiger partial charge is 0.493 e. The van der Waals surface area contributed by atoms with E-state index in [1.807, 2.05) is 18.7 Å². The summed E-state index contributed by atoms with van der Waals surface area (Å²) in [7, 11) is 3.12. The Hall–Kier alpha value is -2.61. The van der Waals surface area contributed by atoms with Crippen molar-refractivity contribution in [3.63, 3.8) is 0 Å². The van der Waals surface area contributed by atoms with Crippen molar-refractivity contribution >= 4 is 5.91 Å². The van der Waals surface area contributed by atoms with Gasteiger partial charge in [0.1, 0.15) is 0 Å². The van der Waals surface area contributed by atoms with Crippen LogP contribution in [0.4, 0.5) is 0 Å². The number of rotatable bonds is 5.